The molecule has 0 bridgehead atoms. The summed E-state index contributed by atoms with van der Waals surface area (Å²) in [7, 11) is 1.71. The average Bonchev–Trinajstić information content (AvgIpc) is 3.47. The van der Waals surface area contributed by atoms with Crippen molar-refractivity contribution in [1.82, 2.24) is 19.2 Å². The van der Waals surface area contributed by atoms with Gasteiger partial charge < -0.3 is 19.1 Å². The summed E-state index contributed by atoms with van der Waals surface area (Å²) >= 11 is 0. The summed E-state index contributed by atoms with van der Waals surface area (Å²) < 4.78 is 30.2. The van der Waals surface area contributed by atoms with Crippen LogP contribution in [0.25, 0.3) is 16.8 Å². The van der Waals surface area contributed by atoms with Crippen molar-refractivity contribution in [3.63, 3.8) is 0 Å². The van der Waals surface area contributed by atoms with E-state index in [4.69, 9.17) is 19.4 Å². The maximum atomic E-state index is 14.7. The lowest BCUT2D eigenvalue weighted by molar-refractivity contribution is -0.122. The van der Waals surface area contributed by atoms with E-state index in [0.717, 1.165) is 28.1 Å². The molecule has 3 aromatic heterocycles. The molecule has 0 amide bonds. The van der Waals surface area contributed by atoms with Gasteiger partial charge in [-0.3, -0.25) is 14.0 Å². The summed E-state index contributed by atoms with van der Waals surface area (Å²) in [5, 5.41) is 15.3. The van der Waals surface area contributed by atoms with Gasteiger partial charge in [0.2, 0.25) is 5.56 Å². The van der Waals surface area contributed by atoms with Crippen LogP contribution in [0.5, 0.6) is 11.5 Å². The van der Waals surface area contributed by atoms with Gasteiger partial charge in [-0.05, 0) is 42.7 Å². The molecule has 1 N–H and O–H groups in total. The van der Waals surface area contributed by atoms with Crippen LogP contribution in [-0.4, -0.2) is 44.0 Å². The van der Waals surface area contributed by atoms with Crippen LogP contribution in [0, 0.1) is 5.82 Å². The molecule has 1 atom stereocenters. The number of nitrogens with zero attached hydrogens (tertiary/aromatic N) is 4. The zero-order valence-corrected chi connectivity index (χ0v) is 18.3. The number of aryl methyl sites for hydroxylation is 2. The van der Waals surface area contributed by atoms with E-state index in [-0.39, 0.29) is 23.8 Å². The van der Waals surface area contributed by atoms with Crippen molar-refractivity contribution < 1.29 is 23.8 Å². The highest BCUT2D eigenvalue weighted by Crippen LogP contribution is 2.41. The Bertz CT molecular complexity index is 1460. The molecule has 5 heterocycles. The predicted molar refractivity (Wildman–Crippen MR) is 120 cm³/mol. The minimum absolute atomic E-state index is 0.0238. The third-order valence-corrected chi connectivity index (χ3v) is 6.20. The molecular formula is C24H21FN4O5. The van der Waals surface area contributed by atoms with E-state index >= 15 is 0 Å². The minimum atomic E-state index is -0.250. The van der Waals surface area contributed by atoms with Gasteiger partial charge in [-0.1, -0.05) is 0 Å². The monoisotopic (exact) mass is 464 g/mol. The summed E-state index contributed by atoms with van der Waals surface area (Å²) in [6.45, 7) is 0.612. The molecule has 0 spiro atoms. The number of pyridine rings is 2. The number of carboxylic acid groups (broad SMARTS) is 1. The van der Waals surface area contributed by atoms with Crippen molar-refractivity contribution in [3.8, 4) is 22.6 Å². The second-order valence-corrected chi connectivity index (χ2v) is 8.12. The molecule has 0 saturated carbocycles. The summed E-state index contributed by atoms with van der Waals surface area (Å²) in [6, 6.07) is 8.43. The number of carbonyl (C=O) groups is 1. The fraction of sp³-hybridized carbons (Fsp3) is 0.250. The molecule has 1 aromatic carbocycles. The Kier molecular flexibility index (Phi) is 5.48. The van der Waals surface area contributed by atoms with Crippen LogP contribution in [0.2, 0.25) is 0 Å². The van der Waals surface area contributed by atoms with Crippen molar-refractivity contribution in [2.75, 3.05) is 13.2 Å². The Morgan fingerprint density at radius 3 is 2.68 bits per heavy atom. The first kappa shape index (κ1) is 21.6. The molecule has 9 nitrogen and oxygen atoms in total. The first-order valence-electron chi connectivity index (χ1n) is 10.7. The van der Waals surface area contributed by atoms with Crippen LogP contribution in [0.1, 0.15) is 22.7 Å². The van der Waals surface area contributed by atoms with Gasteiger partial charge in [0, 0.05) is 36.0 Å². The zero-order chi connectivity index (χ0) is 23.8. The van der Waals surface area contributed by atoms with E-state index in [1.165, 1.54) is 16.7 Å². The normalized spacial score (nSPS) is 16.0. The number of hydrogen-bond acceptors (Lipinski definition) is 6. The van der Waals surface area contributed by atoms with Crippen LogP contribution in [-0.2, 0) is 24.7 Å². The summed E-state index contributed by atoms with van der Waals surface area (Å²) in [5.41, 5.74) is 4.75. The smallest absolute Gasteiger partial charge is 0.290 e. The molecular weight excluding hydrogens is 443 g/mol. The van der Waals surface area contributed by atoms with Crippen LogP contribution < -0.4 is 15.0 Å². The summed E-state index contributed by atoms with van der Waals surface area (Å²) in [4.78, 5) is 20.2. The quantitative estimate of drug-likeness (QED) is 0.432. The Morgan fingerprint density at radius 2 is 1.91 bits per heavy atom. The molecule has 0 saturated heterocycles. The molecule has 0 fully saturated rings. The van der Waals surface area contributed by atoms with Gasteiger partial charge in [-0.25, -0.2) is 4.39 Å². The summed E-state index contributed by atoms with van der Waals surface area (Å²) in [6.07, 6.45) is 4.52. The number of rotatable bonds is 1. The second kappa shape index (κ2) is 8.62. The zero-order valence-electron chi connectivity index (χ0n) is 18.3. The predicted octanol–water partition coefficient (Wildman–Crippen LogP) is 2.59. The van der Waals surface area contributed by atoms with Gasteiger partial charge in [-0.15, -0.1) is 10.2 Å². The van der Waals surface area contributed by atoms with Crippen LogP contribution in [0.4, 0.5) is 4.39 Å². The van der Waals surface area contributed by atoms with Gasteiger partial charge in [0.15, 0.2) is 5.65 Å². The van der Waals surface area contributed by atoms with E-state index in [0.29, 0.717) is 43.0 Å². The summed E-state index contributed by atoms with van der Waals surface area (Å²) in [5.74, 6) is 1.22. The van der Waals surface area contributed by atoms with Gasteiger partial charge >= 0.3 is 0 Å². The van der Waals surface area contributed by atoms with E-state index in [9.17, 15) is 9.18 Å². The second-order valence-electron chi connectivity index (χ2n) is 8.12. The standard InChI is InChI=1S/C23H19FN4O3.CH2O2/c1-27-9-13(2-7-21(27)29)16-8-20-18(28-12-25-26-23(16)28)5-3-15-17(24)4-6-19-22(15)14(10-30-19)11-31-20;2-1-3/h2,4,6-9,12,14H,3,5,10-11H2,1H3;1H,(H,2,3)/t14-;/m1./s1. The lowest BCUT2D eigenvalue weighted by Gasteiger charge is -2.16. The molecule has 174 valence electrons. The SMILES string of the molecule is Cn1cc(-c2cc3c(n4cnnc24)CCc2c(F)ccc4c2[C@H](CO4)CO3)ccc1=O.O=CO. The number of benzene rings is 1. The van der Waals surface area contributed by atoms with E-state index in [2.05, 4.69) is 10.2 Å². The lowest BCUT2D eigenvalue weighted by Crippen LogP contribution is -2.14. The molecule has 0 radical (unpaired) electrons. The fourth-order valence-corrected chi connectivity index (χ4v) is 4.63. The average molecular weight is 464 g/mol. The molecule has 34 heavy (non-hydrogen) atoms. The van der Waals surface area contributed by atoms with Crippen LogP contribution >= 0.6 is 0 Å². The highest BCUT2D eigenvalue weighted by atomic mass is 19.1. The highest BCUT2D eigenvalue weighted by Gasteiger charge is 2.31. The molecule has 2 aliphatic heterocycles. The number of fused-ring (bicyclic) bond motifs is 3. The van der Waals surface area contributed by atoms with Gasteiger partial charge in [-0.2, -0.15) is 0 Å². The molecule has 10 heteroatoms. The van der Waals surface area contributed by atoms with Crippen molar-refractivity contribution >= 4 is 12.1 Å². The van der Waals surface area contributed by atoms with Crippen molar-refractivity contribution in [2.24, 2.45) is 7.05 Å². The Balaban J connectivity index is 0.000000764. The maximum Gasteiger partial charge on any atom is 0.290 e. The number of hydrogen-bond donors (Lipinski definition) is 1. The van der Waals surface area contributed by atoms with Crippen molar-refractivity contribution in [1.29, 1.82) is 0 Å². The highest BCUT2D eigenvalue weighted by molar-refractivity contribution is 5.78. The van der Waals surface area contributed by atoms with Crippen molar-refractivity contribution in [2.45, 2.75) is 18.8 Å². The molecule has 0 aliphatic carbocycles. The molecule has 0 unspecified atom stereocenters. The number of halogens is 1. The largest absolute Gasteiger partial charge is 0.493 e. The molecule has 2 aliphatic rings. The first-order valence-corrected chi connectivity index (χ1v) is 10.7. The Hall–Kier alpha value is -4.21. The Morgan fingerprint density at radius 1 is 1.15 bits per heavy atom. The number of aromatic nitrogens is 4. The topological polar surface area (TPSA) is 108 Å². The van der Waals surface area contributed by atoms with Crippen LogP contribution in [0.3, 0.4) is 0 Å². The van der Waals surface area contributed by atoms with E-state index < -0.39 is 0 Å². The fourth-order valence-electron chi connectivity index (χ4n) is 4.63. The van der Waals surface area contributed by atoms with E-state index in [1.54, 1.807) is 31.7 Å². The van der Waals surface area contributed by atoms with Gasteiger partial charge in [0.1, 0.15) is 23.6 Å². The van der Waals surface area contributed by atoms with E-state index in [1.807, 2.05) is 10.5 Å². The third kappa shape index (κ3) is 3.57. The minimum Gasteiger partial charge on any atom is -0.493 e. The Labute approximate surface area is 193 Å². The van der Waals surface area contributed by atoms with Crippen LogP contribution in [0.15, 0.2) is 47.7 Å². The lowest BCUT2D eigenvalue weighted by atomic mass is 9.93. The van der Waals surface area contributed by atoms with Crippen molar-refractivity contribution in [3.05, 3.63) is 75.8 Å². The van der Waals surface area contributed by atoms with Gasteiger partial charge in [0.25, 0.3) is 6.47 Å². The third-order valence-electron chi connectivity index (χ3n) is 6.20. The molecule has 4 aromatic rings. The molecule has 6 rings (SSSR count). The number of ether oxygens (including phenoxy) is 2. The van der Waals surface area contributed by atoms with Gasteiger partial charge in [0.05, 0.1) is 24.8 Å². The first-order chi connectivity index (χ1) is 16.5. The maximum absolute atomic E-state index is 14.7.